The fraction of sp³-hybridized carbons (Fsp3) is 0.0952. The minimum absolute atomic E-state index is 0.125. The first-order chi connectivity index (χ1) is 13.6. The molecular weight excluding hydrogens is 360 g/mol. The monoisotopic (exact) mass is 378 g/mol. The highest BCUT2D eigenvalue weighted by molar-refractivity contribution is 5.97. The number of esters is 1. The van der Waals surface area contributed by atoms with Gasteiger partial charge in [0.25, 0.3) is 5.91 Å². The molecular formula is C21H18N2O5. The molecule has 0 bridgehead atoms. The molecule has 0 unspecified atom stereocenters. The van der Waals surface area contributed by atoms with Gasteiger partial charge in [-0.15, -0.1) is 0 Å². The van der Waals surface area contributed by atoms with Crippen molar-refractivity contribution in [1.29, 1.82) is 0 Å². The normalized spacial score (nSPS) is 10.6. The van der Waals surface area contributed by atoms with Crippen molar-refractivity contribution in [3.05, 3.63) is 83.3 Å². The summed E-state index contributed by atoms with van der Waals surface area (Å²) in [6.07, 6.45) is 2.88. The molecule has 1 N–H and O–H groups in total. The number of hydrogen-bond donors (Lipinski definition) is 1. The maximum Gasteiger partial charge on any atom is 0.379 e. The molecule has 1 aromatic heterocycles. The van der Waals surface area contributed by atoms with Crippen molar-refractivity contribution in [2.24, 2.45) is 5.10 Å². The predicted molar refractivity (Wildman–Crippen MR) is 103 cm³/mol. The second-order valence-corrected chi connectivity index (χ2v) is 5.84. The summed E-state index contributed by atoms with van der Waals surface area (Å²) < 4.78 is 15.4. The van der Waals surface area contributed by atoms with E-state index in [9.17, 15) is 9.59 Å². The zero-order chi connectivity index (χ0) is 19.9. The van der Waals surface area contributed by atoms with Gasteiger partial charge in [-0.3, -0.25) is 4.79 Å². The van der Waals surface area contributed by atoms with E-state index in [2.05, 4.69) is 10.5 Å². The van der Waals surface area contributed by atoms with Crippen LogP contribution in [0.1, 0.15) is 32.0 Å². The molecule has 3 aromatic rings. The van der Waals surface area contributed by atoms with E-state index < -0.39 is 5.97 Å². The van der Waals surface area contributed by atoms with Gasteiger partial charge in [0.05, 0.1) is 25.2 Å². The highest BCUT2D eigenvalue weighted by Crippen LogP contribution is 2.19. The molecule has 28 heavy (non-hydrogen) atoms. The first-order valence-corrected chi connectivity index (χ1v) is 8.40. The average molecular weight is 378 g/mol. The Bertz CT molecular complexity index is 992. The molecule has 0 saturated carbocycles. The van der Waals surface area contributed by atoms with Crippen LogP contribution in [0.3, 0.4) is 0 Å². The van der Waals surface area contributed by atoms with Crippen LogP contribution in [-0.2, 0) is 0 Å². The Balaban J connectivity index is 1.59. The maximum absolute atomic E-state index is 12.2. The molecule has 0 fully saturated rings. The summed E-state index contributed by atoms with van der Waals surface area (Å²) in [5.41, 5.74) is 4.56. The van der Waals surface area contributed by atoms with Crippen LogP contribution in [-0.4, -0.2) is 25.2 Å². The van der Waals surface area contributed by atoms with Gasteiger partial charge in [0, 0.05) is 0 Å². The number of carbonyl (C=O) groups is 2. The summed E-state index contributed by atoms with van der Waals surface area (Å²) in [4.78, 5) is 24.1. The van der Waals surface area contributed by atoms with Gasteiger partial charge in [-0.2, -0.15) is 5.10 Å². The molecule has 3 rings (SSSR count). The van der Waals surface area contributed by atoms with E-state index in [0.717, 1.165) is 5.56 Å². The quantitative estimate of drug-likeness (QED) is 0.306. The van der Waals surface area contributed by atoms with E-state index >= 15 is 0 Å². The zero-order valence-electron chi connectivity index (χ0n) is 15.3. The smallest absolute Gasteiger partial charge is 0.379 e. The van der Waals surface area contributed by atoms with Crippen molar-refractivity contribution in [2.45, 2.75) is 6.92 Å². The van der Waals surface area contributed by atoms with Crippen molar-refractivity contribution in [1.82, 2.24) is 5.43 Å². The van der Waals surface area contributed by atoms with Gasteiger partial charge < -0.3 is 13.9 Å². The molecule has 0 aliphatic carbocycles. The van der Waals surface area contributed by atoms with Crippen LogP contribution >= 0.6 is 0 Å². The predicted octanol–water partition coefficient (Wildman–Crippen LogP) is 3.58. The molecule has 2 aromatic carbocycles. The topological polar surface area (TPSA) is 90.1 Å². The molecule has 0 saturated heterocycles. The third-order valence-corrected chi connectivity index (χ3v) is 3.79. The van der Waals surface area contributed by atoms with E-state index in [-0.39, 0.29) is 11.7 Å². The lowest BCUT2D eigenvalue weighted by Crippen LogP contribution is -2.18. The van der Waals surface area contributed by atoms with Crippen LogP contribution in [0.15, 0.2) is 70.4 Å². The van der Waals surface area contributed by atoms with Gasteiger partial charge in [0.1, 0.15) is 11.5 Å². The number of hydrazone groups is 1. The first kappa shape index (κ1) is 18.9. The number of aryl methyl sites for hydroxylation is 1. The first-order valence-electron chi connectivity index (χ1n) is 8.40. The maximum atomic E-state index is 12.2. The van der Waals surface area contributed by atoms with Crippen LogP contribution < -0.4 is 14.9 Å². The molecule has 0 atom stereocenters. The number of methoxy groups -OCH3 is 1. The number of benzene rings is 2. The van der Waals surface area contributed by atoms with Crippen LogP contribution in [0.5, 0.6) is 11.5 Å². The number of amides is 1. The Morgan fingerprint density at radius 1 is 1.11 bits per heavy atom. The van der Waals surface area contributed by atoms with Crippen molar-refractivity contribution in [2.75, 3.05) is 7.11 Å². The Morgan fingerprint density at radius 3 is 2.57 bits per heavy atom. The Morgan fingerprint density at radius 2 is 1.89 bits per heavy atom. The SMILES string of the molecule is COc1cc(C)ccc1C(=O)N/N=C\c1ccc(OC(=O)c2ccco2)cc1. The fourth-order valence-corrected chi connectivity index (χ4v) is 2.39. The van der Waals surface area contributed by atoms with E-state index in [1.807, 2.05) is 13.0 Å². The standard InChI is InChI=1S/C21H18N2O5/c1-14-5-10-17(19(12-14)26-2)20(24)23-22-13-15-6-8-16(9-7-15)28-21(25)18-4-3-11-27-18/h3-13H,1-2H3,(H,23,24)/b22-13-. The van der Waals surface area contributed by atoms with Crippen molar-refractivity contribution >= 4 is 18.1 Å². The largest absolute Gasteiger partial charge is 0.496 e. The summed E-state index contributed by atoms with van der Waals surface area (Å²) in [5.74, 6) is 0.0186. The van der Waals surface area contributed by atoms with Crippen LogP contribution in [0.4, 0.5) is 0 Å². The fourth-order valence-electron chi connectivity index (χ4n) is 2.39. The van der Waals surface area contributed by atoms with Gasteiger partial charge >= 0.3 is 5.97 Å². The Hall–Kier alpha value is -3.87. The summed E-state index contributed by atoms with van der Waals surface area (Å²) >= 11 is 0. The molecule has 7 heteroatoms. The van der Waals surface area contributed by atoms with E-state index in [1.54, 1.807) is 42.5 Å². The van der Waals surface area contributed by atoms with Crippen LogP contribution in [0, 0.1) is 6.92 Å². The molecule has 1 heterocycles. The third-order valence-electron chi connectivity index (χ3n) is 3.79. The Labute approximate surface area is 161 Å². The minimum Gasteiger partial charge on any atom is -0.496 e. The molecule has 0 radical (unpaired) electrons. The van der Waals surface area contributed by atoms with Crippen molar-refractivity contribution in [3.8, 4) is 11.5 Å². The van der Waals surface area contributed by atoms with E-state index in [1.165, 1.54) is 25.7 Å². The van der Waals surface area contributed by atoms with Crippen molar-refractivity contribution in [3.63, 3.8) is 0 Å². The molecule has 142 valence electrons. The van der Waals surface area contributed by atoms with Gasteiger partial charge in [-0.25, -0.2) is 10.2 Å². The van der Waals surface area contributed by atoms with Gasteiger partial charge in [0.2, 0.25) is 5.76 Å². The van der Waals surface area contributed by atoms with Gasteiger partial charge in [-0.1, -0.05) is 6.07 Å². The van der Waals surface area contributed by atoms with Crippen LogP contribution in [0.2, 0.25) is 0 Å². The third kappa shape index (κ3) is 4.64. The lowest BCUT2D eigenvalue weighted by Gasteiger charge is -2.07. The lowest BCUT2D eigenvalue weighted by atomic mass is 10.1. The highest BCUT2D eigenvalue weighted by atomic mass is 16.5. The zero-order valence-corrected chi connectivity index (χ0v) is 15.3. The number of nitrogens with zero attached hydrogens (tertiary/aromatic N) is 1. The molecule has 7 nitrogen and oxygen atoms in total. The number of furan rings is 1. The molecule has 0 aliphatic heterocycles. The van der Waals surface area contributed by atoms with E-state index in [0.29, 0.717) is 22.6 Å². The van der Waals surface area contributed by atoms with Gasteiger partial charge in [0.15, 0.2) is 0 Å². The minimum atomic E-state index is -0.578. The van der Waals surface area contributed by atoms with Crippen LogP contribution in [0.25, 0.3) is 0 Å². The second kappa shape index (κ2) is 8.68. The summed E-state index contributed by atoms with van der Waals surface area (Å²) in [6.45, 7) is 1.91. The second-order valence-electron chi connectivity index (χ2n) is 5.84. The lowest BCUT2D eigenvalue weighted by molar-refractivity contribution is 0.0701. The number of ether oxygens (including phenoxy) is 2. The number of carbonyl (C=O) groups excluding carboxylic acids is 2. The highest BCUT2D eigenvalue weighted by Gasteiger charge is 2.12. The molecule has 0 aliphatic rings. The average Bonchev–Trinajstić information content (AvgIpc) is 3.24. The number of hydrogen-bond acceptors (Lipinski definition) is 6. The Kier molecular flexibility index (Phi) is 5.86. The van der Waals surface area contributed by atoms with E-state index in [4.69, 9.17) is 13.9 Å². The molecule has 1 amide bonds. The molecule has 0 spiro atoms. The summed E-state index contributed by atoms with van der Waals surface area (Å²) in [7, 11) is 1.51. The van der Waals surface area contributed by atoms with Crippen molar-refractivity contribution < 1.29 is 23.5 Å². The number of nitrogens with one attached hydrogen (secondary N) is 1. The number of rotatable bonds is 6. The summed E-state index contributed by atoms with van der Waals surface area (Å²) in [6, 6.07) is 15.1. The summed E-state index contributed by atoms with van der Waals surface area (Å²) in [5, 5.41) is 3.94. The van der Waals surface area contributed by atoms with Gasteiger partial charge in [-0.05, 0) is 66.6 Å².